The standard InChI is InChI=1S/C46H39N3S2/c1-3-46(4-2,37-23-19-34(20-24-37)40-30-36(43-17-11-27-50-43)29-39(47-40)32-13-7-5-8-14-32)38-25-21-35(22-26-38)45-48-41(33-15-9-6-10-16-33)31-42(49-45)44-18-12-28-51-44/h5-16,18-31,43H,3-4,17H2,1-2H3. The average molecular weight is 698 g/mol. The zero-order chi connectivity index (χ0) is 34.6. The first-order valence-corrected chi connectivity index (χ1v) is 19.5. The lowest BCUT2D eigenvalue weighted by atomic mass is 9.70. The predicted molar refractivity (Wildman–Crippen MR) is 217 cm³/mol. The molecule has 4 heterocycles. The van der Waals surface area contributed by atoms with Crippen molar-refractivity contribution in [1.82, 2.24) is 15.0 Å². The fourth-order valence-corrected chi connectivity index (χ4v) is 8.87. The second kappa shape index (κ2) is 14.6. The third-order valence-electron chi connectivity index (χ3n) is 10.2. The largest absolute Gasteiger partial charge is 0.248 e. The van der Waals surface area contributed by atoms with Crippen molar-refractivity contribution in [3.63, 3.8) is 0 Å². The maximum absolute atomic E-state index is 5.18. The van der Waals surface area contributed by atoms with Gasteiger partial charge in [-0.3, -0.25) is 0 Å². The lowest BCUT2D eigenvalue weighted by molar-refractivity contribution is 0.478. The van der Waals surface area contributed by atoms with Gasteiger partial charge in [0.2, 0.25) is 0 Å². The number of thioether (sulfide) groups is 1. The van der Waals surface area contributed by atoms with Gasteiger partial charge < -0.3 is 0 Å². The molecule has 0 fully saturated rings. The number of nitrogens with zero attached hydrogens (tertiary/aromatic N) is 3. The summed E-state index contributed by atoms with van der Waals surface area (Å²) >= 11 is 3.60. The van der Waals surface area contributed by atoms with E-state index in [0.717, 1.165) is 75.0 Å². The molecular formula is C46H39N3S2. The fourth-order valence-electron chi connectivity index (χ4n) is 7.26. The third-order valence-corrected chi connectivity index (χ3v) is 12.2. The first-order chi connectivity index (χ1) is 25.1. The summed E-state index contributed by atoms with van der Waals surface area (Å²) in [5.41, 5.74) is 12.1. The Morgan fingerprint density at radius 2 is 1.12 bits per heavy atom. The summed E-state index contributed by atoms with van der Waals surface area (Å²) < 4.78 is 0. The molecule has 3 nitrogen and oxygen atoms in total. The van der Waals surface area contributed by atoms with E-state index in [1.54, 1.807) is 11.3 Å². The van der Waals surface area contributed by atoms with Gasteiger partial charge in [0.1, 0.15) is 0 Å². The quantitative estimate of drug-likeness (QED) is 0.143. The van der Waals surface area contributed by atoms with Gasteiger partial charge in [-0.1, -0.05) is 135 Å². The summed E-state index contributed by atoms with van der Waals surface area (Å²) in [4.78, 5) is 16.4. The summed E-state index contributed by atoms with van der Waals surface area (Å²) in [5.74, 6) is 0.741. The molecule has 250 valence electrons. The highest BCUT2D eigenvalue weighted by molar-refractivity contribution is 8.02. The zero-order valence-electron chi connectivity index (χ0n) is 28.9. The molecule has 0 saturated carbocycles. The van der Waals surface area contributed by atoms with Gasteiger partial charge in [0.15, 0.2) is 5.82 Å². The van der Waals surface area contributed by atoms with Gasteiger partial charge in [-0.25, -0.2) is 15.0 Å². The molecule has 8 rings (SSSR count). The minimum Gasteiger partial charge on any atom is -0.248 e. The second-order valence-corrected chi connectivity index (χ2v) is 15.1. The molecule has 4 aromatic carbocycles. The van der Waals surface area contributed by atoms with Crippen LogP contribution in [0.2, 0.25) is 0 Å². The van der Waals surface area contributed by atoms with E-state index in [-0.39, 0.29) is 5.41 Å². The molecule has 0 bridgehead atoms. The van der Waals surface area contributed by atoms with Crippen LogP contribution in [0.5, 0.6) is 0 Å². The third kappa shape index (κ3) is 6.72. The highest BCUT2D eigenvalue weighted by Gasteiger charge is 2.31. The number of hydrogen-bond donors (Lipinski definition) is 0. The molecule has 1 aliphatic heterocycles. The Morgan fingerprint density at radius 1 is 0.569 bits per heavy atom. The molecule has 1 aliphatic rings. The van der Waals surface area contributed by atoms with Gasteiger partial charge in [-0.2, -0.15) is 0 Å². The van der Waals surface area contributed by atoms with Crippen LogP contribution in [0, 0.1) is 0 Å². The normalized spacial score (nSPS) is 14.2. The molecule has 0 radical (unpaired) electrons. The Labute approximate surface area is 309 Å². The van der Waals surface area contributed by atoms with E-state index in [2.05, 4.69) is 164 Å². The Bertz CT molecular complexity index is 2250. The lowest BCUT2D eigenvalue weighted by Gasteiger charge is -2.33. The molecule has 0 aliphatic carbocycles. The molecule has 7 aromatic rings. The Morgan fingerprint density at radius 3 is 1.65 bits per heavy atom. The van der Waals surface area contributed by atoms with Gasteiger partial charge in [0, 0.05) is 32.9 Å². The van der Waals surface area contributed by atoms with Gasteiger partial charge in [0.05, 0.1) is 27.7 Å². The molecule has 1 atom stereocenters. The van der Waals surface area contributed by atoms with E-state index >= 15 is 0 Å². The summed E-state index contributed by atoms with van der Waals surface area (Å²) in [5, 5.41) is 4.75. The van der Waals surface area contributed by atoms with Crippen molar-refractivity contribution in [2.75, 3.05) is 0 Å². The smallest absolute Gasteiger partial charge is 0.160 e. The van der Waals surface area contributed by atoms with E-state index < -0.39 is 0 Å². The van der Waals surface area contributed by atoms with E-state index in [4.69, 9.17) is 15.0 Å². The van der Waals surface area contributed by atoms with Crippen molar-refractivity contribution >= 4 is 23.1 Å². The van der Waals surface area contributed by atoms with Crippen LogP contribution in [0.25, 0.3) is 55.7 Å². The topological polar surface area (TPSA) is 38.7 Å². The molecule has 5 heteroatoms. The monoisotopic (exact) mass is 697 g/mol. The molecule has 0 amide bonds. The molecular weight excluding hydrogens is 659 g/mol. The number of allylic oxidation sites excluding steroid dienone is 1. The molecule has 0 saturated heterocycles. The first-order valence-electron chi connectivity index (χ1n) is 17.7. The van der Waals surface area contributed by atoms with Crippen LogP contribution < -0.4 is 0 Å². The SMILES string of the molecule is CCC(CC)(c1ccc(-c2cc(C3CC=CS3)cc(-c3ccccc3)n2)cc1)c1ccc(-c2nc(-c3ccccc3)cc(-c3cccs3)n2)cc1. The minimum atomic E-state index is -0.122. The van der Waals surface area contributed by atoms with E-state index in [1.807, 2.05) is 17.8 Å². The number of thiophene rings is 1. The Kier molecular flexibility index (Phi) is 9.49. The molecule has 3 aromatic heterocycles. The van der Waals surface area contributed by atoms with Gasteiger partial charge in [-0.05, 0) is 71.0 Å². The fraction of sp³-hybridized carbons (Fsp3) is 0.152. The van der Waals surface area contributed by atoms with Crippen molar-refractivity contribution in [3.8, 4) is 55.7 Å². The molecule has 0 spiro atoms. The average Bonchev–Trinajstić information content (AvgIpc) is 3.96. The van der Waals surface area contributed by atoms with Crippen LogP contribution in [0.4, 0.5) is 0 Å². The Balaban J connectivity index is 1.12. The van der Waals surface area contributed by atoms with Crippen LogP contribution in [0.3, 0.4) is 0 Å². The zero-order valence-corrected chi connectivity index (χ0v) is 30.5. The van der Waals surface area contributed by atoms with Crippen LogP contribution in [-0.4, -0.2) is 15.0 Å². The molecule has 51 heavy (non-hydrogen) atoms. The van der Waals surface area contributed by atoms with Gasteiger partial charge >= 0.3 is 0 Å². The number of benzene rings is 4. The summed E-state index contributed by atoms with van der Waals surface area (Å²) in [6.07, 6.45) is 5.30. The highest BCUT2D eigenvalue weighted by atomic mass is 32.2. The highest BCUT2D eigenvalue weighted by Crippen LogP contribution is 2.43. The van der Waals surface area contributed by atoms with Crippen LogP contribution in [0.1, 0.15) is 55.1 Å². The first kappa shape index (κ1) is 33.1. The van der Waals surface area contributed by atoms with Crippen molar-refractivity contribution in [1.29, 1.82) is 0 Å². The number of pyridine rings is 1. The lowest BCUT2D eigenvalue weighted by Crippen LogP contribution is -2.26. The Hall–Kier alpha value is -5.10. The van der Waals surface area contributed by atoms with E-state index in [0.29, 0.717) is 5.25 Å². The second-order valence-electron chi connectivity index (χ2n) is 13.0. The number of hydrogen-bond acceptors (Lipinski definition) is 5. The van der Waals surface area contributed by atoms with Gasteiger partial charge in [0.25, 0.3) is 0 Å². The number of rotatable bonds is 10. The molecule has 0 N–H and O–H groups in total. The van der Waals surface area contributed by atoms with Gasteiger partial charge in [-0.15, -0.1) is 23.1 Å². The number of aromatic nitrogens is 3. The summed E-state index contributed by atoms with van der Waals surface area (Å²) in [7, 11) is 0. The summed E-state index contributed by atoms with van der Waals surface area (Å²) in [6, 6.07) is 49.9. The maximum Gasteiger partial charge on any atom is 0.160 e. The molecule has 1 unspecified atom stereocenters. The van der Waals surface area contributed by atoms with Crippen molar-refractivity contribution in [2.45, 2.75) is 43.8 Å². The maximum atomic E-state index is 5.18. The van der Waals surface area contributed by atoms with Crippen molar-refractivity contribution < 1.29 is 0 Å². The predicted octanol–water partition coefficient (Wildman–Crippen LogP) is 13.1. The minimum absolute atomic E-state index is 0.122. The van der Waals surface area contributed by atoms with E-state index in [9.17, 15) is 0 Å². The van der Waals surface area contributed by atoms with Crippen LogP contribution in [-0.2, 0) is 5.41 Å². The van der Waals surface area contributed by atoms with Crippen LogP contribution >= 0.6 is 23.1 Å². The van der Waals surface area contributed by atoms with E-state index in [1.165, 1.54) is 16.7 Å². The summed E-state index contributed by atoms with van der Waals surface area (Å²) in [6.45, 7) is 4.60. The van der Waals surface area contributed by atoms with Crippen molar-refractivity contribution in [3.05, 3.63) is 173 Å². The van der Waals surface area contributed by atoms with Crippen molar-refractivity contribution in [2.24, 2.45) is 0 Å². The van der Waals surface area contributed by atoms with Crippen LogP contribution in [0.15, 0.2) is 156 Å².